The van der Waals surface area contributed by atoms with Gasteiger partial charge < -0.3 is 24.9 Å². The number of urea groups is 1. The number of hydrogen-bond acceptors (Lipinski definition) is 4. The SMILES string of the molecule is CC(C)NC(=O)Nc1ccc(-c2[nH]c3cc(OCCn4ccnc4)ccc3c2C#N)cc1. The Morgan fingerprint density at radius 1 is 1.25 bits per heavy atom. The fourth-order valence-corrected chi connectivity index (χ4v) is 3.44. The molecule has 0 aliphatic heterocycles. The average Bonchev–Trinajstić information content (AvgIpc) is 3.41. The molecule has 162 valence electrons. The first-order chi connectivity index (χ1) is 15.5. The standard InChI is InChI=1S/C24H24N6O2/c1-16(2)27-24(31)28-18-5-3-17(4-6-18)23-21(14-25)20-8-7-19(13-22(20)29-23)32-12-11-30-10-9-26-15-30/h3-10,13,15-16,29H,11-12H2,1-2H3,(H2,27,28,31). The van der Waals surface area contributed by atoms with Crippen LogP contribution in [0, 0.1) is 11.3 Å². The van der Waals surface area contributed by atoms with Gasteiger partial charge in [-0.05, 0) is 43.7 Å². The van der Waals surface area contributed by atoms with Crippen molar-refractivity contribution in [2.75, 3.05) is 11.9 Å². The van der Waals surface area contributed by atoms with Gasteiger partial charge in [-0.2, -0.15) is 5.26 Å². The third-order valence-corrected chi connectivity index (χ3v) is 4.91. The molecule has 32 heavy (non-hydrogen) atoms. The van der Waals surface area contributed by atoms with Gasteiger partial charge in [-0.1, -0.05) is 12.1 Å². The molecule has 2 aromatic heterocycles. The molecule has 0 bridgehead atoms. The monoisotopic (exact) mass is 428 g/mol. The summed E-state index contributed by atoms with van der Waals surface area (Å²) in [5.74, 6) is 0.727. The summed E-state index contributed by atoms with van der Waals surface area (Å²) in [6.45, 7) is 5.02. The highest BCUT2D eigenvalue weighted by molar-refractivity contribution is 5.95. The molecular weight excluding hydrogens is 404 g/mol. The molecule has 2 aromatic carbocycles. The third-order valence-electron chi connectivity index (χ3n) is 4.91. The molecule has 2 heterocycles. The Hall–Kier alpha value is -4.25. The molecule has 0 saturated carbocycles. The topological polar surface area (TPSA) is 108 Å². The molecule has 0 aliphatic rings. The Balaban J connectivity index is 1.52. The maximum atomic E-state index is 11.9. The van der Waals surface area contributed by atoms with E-state index in [1.165, 1.54) is 0 Å². The van der Waals surface area contributed by atoms with Crippen molar-refractivity contribution in [1.82, 2.24) is 19.9 Å². The summed E-state index contributed by atoms with van der Waals surface area (Å²) < 4.78 is 7.81. The maximum absolute atomic E-state index is 11.9. The van der Waals surface area contributed by atoms with Crippen LogP contribution in [0.4, 0.5) is 10.5 Å². The number of anilines is 1. The van der Waals surface area contributed by atoms with E-state index in [4.69, 9.17) is 4.74 Å². The number of fused-ring (bicyclic) bond motifs is 1. The minimum absolute atomic E-state index is 0.0542. The van der Waals surface area contributed by atoms with E-state index in [1.54, 1.807) is 12.5 Å². The van der Waals surface area contributed by atoms with E-state index >= 15 is 0 Å². The zero-order chi connectivity index (χ0) is 22.5. The molecule has 0 saturated heterocycles. The number of nitrogens with one attached hydrogen (secondary N) is 3. The van der Waals surface area contributed by atoms with Gasteiger partial charge in [-0.3, -0.25) is 0 Å². The lowest BCUT2D eigenvalue weighted by molar-refractivity contribution is 0.250. The number of aromatic amines is 1. The second kappa shape index (κ2) is 9.27. The fraction of sp³-hybridized carbons (Fsp3) is 0.208. The van der Waals surface area contributed by atoms with Crippen molar-refractivity contribution in [3.05, 3.63) is 66.7 Å². The van der Waals surface area contributed by atoms with Crippen LogP contribution in [0.3, 0.4) is 0 Å². The molecule has 2 amide bonds. The average molecular weight is 428 g/mol. The molecule has 0 radical (unpaired) electrons. The molecule has 4 aromatic rings. The number of carbonyl (C=O) groups is 1. The van der Waals surface area contributed by atoms with Gasteiger partial charge in [0, 0.05) is 35.6 Å². The summed E-state index contributed by atoms with van der Waals surface area (Å²) >= 11 is 0. The Labute approximate surface area is 185 Å². The van der Waals surface area contributed by atoms with Crippen LogP contribution < -0.4 is 15.4 Å². The van der Waals surface area contributed by atoms with Crippen molar-refractivity contribution in [1.29, 1.82) is 5.26 Å². The van der Waals surface area contributed by atoms with Crippen LogP contribution in [0.1, 0.15) is 19.4 Å². The number of nitrogens with zero attached hydrogens (tertiary/aromatic N) is 3. The zero-order valence-corrected chi connectivity index (χ0v) is 17.9. The van der Waals surface area contributed by atoms with E-state index in [0.29, 0.717) is 24.4 Å². The second-order valence-electron chi connectivity index (χ2n) is 7.67. The van der Waals surface area contributed by atoms with Crippen molar-refractivity contribution >= 4 is 22.6 Å². The van der Waals surface area contributed by atoms with E-state index in [9.17, 15) is 10.1 Å². The lowest BCUT2D eigenvalue weighted by Gasteiger charge is -2.10. The smallest absolute Gasteiger partial charge is 0.319 e. The normalized spacial score (nSPS) is 10.8. The van der Waals surface area contributed by atoms with Crippen LogP contribution >= 0.6 is 0 Å². The Morgan fingerprint density at radius 3 is 2.75 bits per heavy atom. The number of aromatic nitrogens is 3. The predicted molar refractivity (Wildman–Crippen MR) is 123 cm³/mol. The first-order valence-corrected chi connectivity index (χ1v) is 10.4. The number of nitriles is 1. The number of imidazole rings is 1. The molecule has 8 heteroatoms. The minimum atomic E-state index is -0.253. The largest absolute Gasteiger partial charge is 0.492 e. The molecule has 0 spiro atoms. The van der Waals surface area contributed by atoms with Crippen LogP contribution in [-0.2, 0) is 6.54 Å². The van der Waals surface area contributed by atoms with Gasteiger partial charge in [0.15, 0.2) is 0 Å². The molecule has 4 rings (SSSR count). The lowest BCUT2D eigenvalue weighted by atomic mass is 10.1. The number of benzene rings is 2. The first kappa shape index (κ1) is 21.0. The van der Waals surface area contributed by atoms with Crippen LogP contribution in [0.15, 0.2) is 61.2 Å². The van der Waals surface area contributed by atoms with Gasteiger partial charge in [0.2, 0.25) is 0 Å². The number of rotatable bonds is 7. The van der Waals surface area contributed by atoms with E-state index in [1.807, 2.05) is 67.1 Å². The fourth-order valence-electron chi connectivity index (χ4n) is 3.44. The number of amides is 2. The lowest BCUT2D eigenvalue weighted by Crippen LogP contribution is -2.34. The van der Waals surface area contributed by atoms with Crippen LogP contribution in [0.2, 0.25) is 0 Å². The van der Waals surface area contributed by atoms with Crippen molar-refractivity contribution in [3.8, 4) is 23.1 Å². The van der Waals surface area contributed by atoms with E-state index < -0.39 is 0 Å². The van der Waals surface area contributed by atoms with Gasteiger partial charge in [0.1, 0.15) is 18.4 Å². The van der Waals surface area contributed by atoms with Gasteiger partial charge in [-0.25, -0.2) is 9.78 Å². The van der Waals surface area contributed by atoms with Crippen molar-refractivity contribution < 1.29 is 9.53 Å². The maximum Gasteiger partial charge on any atom is 0.319 e. The summed E-state index contributed by atoms with van der Waals surface area (Å²) in [5, 5.41) is 16.2. The van der Waals surface area contributed by atoms with Gasteiger partial charge in [-0.15, -0.1) is 0 Å². The van der Waals surface area contributed by atoms with Crippen molar-refractivity contribution in [2.45, 2.75) is 26.4 Å². The van der Waals surface area contributed by atoms with Crippen molar-refractivity contribution in [2.24, 2.45) is 0 Å². The van der Waals surface area contributed by atoms with Gasteiger partial charge in [0.25, 0.3) is 0 Å². The predicted octanol–water partition coefficient (Wildman–Crippen LogP) is 4.51. The molecule has 0 aliphatic carbocycles. The summed E-state index contributed by atoms with van der Waals surface area (Å²) in [7, 11) is 0. The number of carbonyl (C=O) groups excluding carboxylic acids is 1. The molecule has 0 fully saturated rings. The van der Waals surface area contributed by atoms with Gasteiger partial charge in [0.05, 0.1) is 29.6 Å². The number of H-pyrrole nitrogens is 1. The molecule has 8 nitrogen and oxygen atoms in total. The van der Waals surface area contributed by atoms with Crippen LogP contribution in [0.25, 0.3) is 22.2 Å². The number of hydrogen-bond donors (Lipinski definition) is 3. The van der Waals surface area contributed by atoms with E-state index in [0.717, 1.165) is 27.9 Å². The Kier molecular flexibility index (Phi) is 6.08. The molecule has 0 atom stereocenters. The van der Waals surface area contributed by atoms with E-state index in [2.05, 4.69) is 26.7 Å². The molecule has 0 unspecified atom stereocenters. The first-order valence-electron chi connectivity index (χ1n) is 10.4. The van der Waals surface area contributed by atoms with Crippen LogP contribution in [0.5, 0.6) is 5.75 Å². The summed E-state index contributed by atoms with van der Waals surface area (Å²) in [6.07, 6.45) is 5.38. The highest BCUT2D eigenvalue weighted by Crippen LogP contribution is 2.32. The number of ether oxygens (including phenoxy) is 1. The quantitative estimate of drug-likeness (QED) is 0.402. The summed E-state index contributed by atoms with van der Waals surface area (Å²) in [6, 6.07) is 15.1. The van der Waals surface area contributed by atoms with Crippen molar-refractivity contribution in [3.63, 3.8) is 0 Å². The van der Waals surface area contributed by atoms with Gasteiger partial charge >= 0.3 is 6.03 Å². The Bertz CT molecular complexity index is 1250. The Morgan fingerprint density at radius 2 is 2.06 bits per heavy atom. The minimum Gasteiger partial charge on any atom is -0.492 e. The third kappa shape index (κ3) is 4.73. The highest BCUT2D eigenvalue weighted by atomic mass is 16.5. The van der Waals surface area contributed by atoms with E-state index in [-0.39, 0.29) is 12.1 Å². The molecular formula is C24H24N6O2. The van der Waals surface area contributed by atoms with Crippen LogP contribution in [-0.4, -0.2) is 33.2 Å². The molecule has 3 N–H and O–H groups in total. The second-order valence-corrected chi connectivity index (χ2v) is 7.67. The summed E-state index contributed by atoms with van der Waals surface area (Å²) in [5.41, 5.74) is 3.67. The summed E-state index contributed by atoms with van der Waals surface area (Å²) in [4.78, 5) is 19.2. The zero-order valence-electron chi connectivity index (χ0n) is 17.9. The highest BCUT2D eigenvalue weighted by Gasteiger charge is 2.14.